The van der Waals surface area contributed by atoms with E-state index in [0.29, 0.717) is 17.5 Å². The van der Waals surface area contributed by atoms with Crippen LogP contribution in [-0.2, 0) is 6.42 Å². The van der Waals surface area contributed by atoms with Gasteiger partial charge in [-0.25, -0.2) is 4.79 Å². The highest BCUT2D eigenvalue weighted by Gasteiger charge is 2.18. The van der Waals surface area contributed by atoms with Crippen molar-refractivity contribution < 1.29 is 19.7 Å². The van der Waals surface area contributed by atoms with Gasteiger partial charge in [-0.05, 0) is 18.9 Å². The van der Waals surface area contributed by atoms with Crippen LogP contribution >= 0.6 is 0 Å². The van der Waals surface area contributed by atoms with Crippen LogP contribution in [-0.4, -0.2) is 15.3 Å². The van der Waals surface area contributed by atoms with Crippen LogP contribution in [0.25, 0.3) is 11.0 Å². The zero-order valence-corrected chi connectivity index (χ0v) is 9.44. The Morgan fingerprint density at radius 1 is 1.24 bits per heavy atom. The van der Waals surface area contributed by atoms with Gasteiger partial charge in [0.05, 0.1) is 5.39 Å². The van der Waals surface area contributed by atoms with E-state index >= 15 is 0 Å². The fraction of sp³-hybridized carbons (Fsp3) is 0.250. The summed E-state index contributed by atoms with van der Waals surface area (Å²) in [6, 6.07) is 1.02. The summed E-state index contributed by atoms with van der Waals surface area (Å²) in [5, 5.41) is 28.9. The van der Waals surface area contributed by atoms with E-state index in [1.807, 2.05) is 0 Å². The van der Waals surface area contributed by atoms with Gasteiger partial charge in [0.25, 0.3) is 0 Å². The molecule has 3 N–H and O–H groups in total. The zero-order chi connectivity index (χ0) is 12.7. The Kier molecular flexibility index (Phi) is 2.46. The van der Waals surface area contributed by atoms with Crippen molar-refractivity contribution in [3.05, 3.63) is 27.6 Å². The average molecular weight is 236 g/mol. The molecule has 0 aliphatic rings. The van der Waals surface area contributed by atoms with Crippen LogP contribution in [0.15, 0.2) is 15.3 Å². The number of hydrogen-bond acceptors (Lipinski definition) is 5. The van der Waals surface area contributed by atoms with Crippen molar-refractivity contribution >= 4 is 11.0 Å². The third-order valence-electron chi connectivity index (χ3n) is 2.84. The van der Waals surface area contributed by atoms with Crippen molar-refractivity contribution in [1.82, 2.24) is 0 Å². The van der Waals surface area contributed by atoms with Crippen LogP contribution in [0.1, 0.15) is 18.1 Å². The van der Waals surface area contributed by atoms with Crippen molar-refractivity contribution in [1.29, 1.82) is 0 Å². The lowest BCUT2D eigenvalue weighted by molar-refractivity contribution is 0.391. The van der Waals surface area contributed by atoms with Crippen molar-refractivity contribution in [2.45, 2.75) is 20.3 Å². The molecule has 0 bridgehead atoms. The first-order valence-electron chi connectivity index (χ1n) is 5.17. The number of phenolic OH excluding ortho intramolecular Hbond substituents is 3. The van der Waals surface area contributed by atoms with Crippen molar-refractivity contribution in [2.75, 3.05) is 0 Å². The van der Waals surface area contributed by atoms with E-state index in [1.165, 1.54) is 0 Å². The maximum absolute atomic E-state index is 11.6. The molecule has 1 aromatic carbocycles. The van der Waals surface area contributed by atoms with Gasteiger partial charge in [-0.15, -0.1) is 0 Å². The van der Waals surface area contributed by atoms with Crippen LogP contribution in [0.3, 0.4) is 0 Å². The number of phenols is 3. The normalized spacial score (nSPS) is 10.9. The average Bonchev–Trinajstić information content (AvgIpc) is 2.25. The second kappa shape index (κ2) is 3.69. The summed E-state index contributed by atoms with van der Waals surface area (Å²) in [5.41, 5.74) is 0.226. The Bertz CT molecular complexity index is 654. The zero-order valence-electron chi connectivity index (χ0n) is 9.44. The van der Waals surface area contributed by atoms with E-state index in [0.717, 1.165) is 6.07 Å². The Hall–Kier alpha value is -2.17. The van der Waals surface area contributed by atoms with Gasteiger partial charge in [0.2, 0.25) is 5.75 Å². The third-order valence-corrected chi connectivity index (χ3v) is 2.84. The summed E-state index contributed by atoms with van der Waals surface area (Å²) in [5.74, 6) is -1.30. The number of aryl methyl sites for hydroxylation is 1. The number of rotatable bonds is 1. The SMILES string of the molecule is CCc1c(C)c2c(O)cc(O)c(O)c2oc1=O. The molecule has 0 saturated carbocycles. The monoisotopic (exact) mass is 236 g/mol. The van der Waals surface area contributed by atoms with Gasteiger partial charge in [-0.2, -0.15) is 0 Å². The van der Waals surface area contributed by atoms with Crippen molar-refractivity contribution in [3.63, 3.8) is 0 Å². The predicted octanol–water partition coefficient (Wildman–Crippen LogP) is 1.78. The first kappa shape index (κ1) is 11.3. The number of aromatic hydroxyl groups is 3. The van der Waals surface area contributed by atoms with E-state index in [9.17, 15) is 20.1 Å². The van der Waals surface area contributed by atoms with Crippen molar-refractivity contribution in [2.24, 2.45) is 0 Å². The summed E-state index contributed by atoms with van der Waals surface area (Å²) in [6.07, 6.45) is 0.463. The van der Waals surface area contributed by atoms with E-state index in [1.54, 1.807) is 13.8 Å². The van der Waals surface area contributed by atoms with Gasteiger partial charge in [-0.3, -0.25) is 0 Å². The van der Waals surface area contributed by atoms with E-state index in [2.05, 4.69) is 0 Å². The molecule has 5 heteroatoms. The molecule has 0 saturated heterocycles. The van der Waals surface area contributed by atoms with E-state index < -0.39 is 17.1 Å². The smallest absolute Gasteiger partial charge is 0.339 e. The topological polar surface area (TPSA) is 90.9 Å². The highest BCUT2D eigenvalue weighted by atomic mass is 16.4. The second-order valence-electron chi connectivity index (χ2n) is 3.81. The van der Waals surface area contributed by atoms with Crippen LogP contribution in [0.4, 0.5) is 0 Å². The van der Waals surface area contributed by atoms with E-state index in [-0.39, 0.29) is 16.7 Å². The molecule has 17 heavy (non-hydrogen) atoms. The Morgan fingerprint density at radius 3 is 2.47 bits per heavy atom. The molecule has 0 amide bonds. The summed E-state index contributed by atoms with van der Waals surface area (Å²) >= 11 is 0. The molecule has 2 rings (SSSR count). The van der Waals surface area contributed by atoms with Gasteiger partial charge in [0.15, 0.2) is 11.3 Å². The first-order chi connectivity index (χ1) is 7.97. The number of benzene rings is 1. The first-order valence-corrected chi connectivity index (χ1v) is 5.17. The largest absolute Gasteiger partial charge is 0.507 e. The van der Waals surface area contributed by atoms with Crippen LogP contribution in [0, 0.1) is 6.92 Å². The Labute approximate surface area is 96.6 Å². The third kappa shape index (κ3) is 1.51. The Balaban J connectivity index is 3.07. The lowest BCUT2D eigenvalue weighted by atomic mass is 10.0. The van der Waals surface area contributed by atoms with Gasteiger partial charge >= 0.3 is 5.63 Å². The molecule has 0 unspecified atom stereocenters. The van der Waals surface area contributed by atoms with Gasteiger partial charge in [0, 0.05) is 11.6 Å². The van der Waals surface area contributed by atoms with Crippen LogP contribution in [0.5, 0.6) is 17.2 Å². The van der Waals surface area contributed by atoms with Gasteiger partial charge in [0.1, 0.15) is 5.75 Å². The molecule has 0 spiro atoms. The number of fused-ring (bicyclic) bond motifs is 1. The molecule has 1 heterocycles. The molecule has 0 fully saturated rings. The lowest BCUT2D eigenvalue weighted by Crippen LogP contribution is -2.09. The molecule has 0 atom stereocenters. The fourth-order valence-electron chi connectivity index (χ4n) is 1.95. The maximum atomic E-state index is 11.6. The van der Waals surface area contributed by atoms with Crippen LogP contribution < -0.4 is 5.63 Å². The predicted molar refractivity (Wildman–Crippen MR) is 61.6 cm³/mol. The minimum atomic E-state index is -0.571. The van der Waals surface area contributed by atoms with Crippen LogP contribution in [0.2, 0.25) is 0 Å². The highest BCUT2D eigenvalue weighted by Crippen LogP contribution is 2.40. The summed E-state index contributed by atoms with van der Waals surface area (Å²) in [4.78, 5) is 11.6. The molecule has 0 radical (unpaired) electrons. The molecule has 5 nitrogen and oxygen atoms in total. The molecule has 0 aliphatic heterocycles. The quantitative estimate of drug-likeness (QED) is 0.399. The maximum Gasteiger partial charge on any atom is 0.339 e. The minimum Gasteiger partial charge on any atom is -0.507 e. The van der Waals surface area contributed by atoms with Gasteiger partial charge < -0.3 is 19.7 Å². The van der Waals surface area contributed by atoms with E-state index in [4.69, 9.17) is 4.42 Å². The molecule has 1 aromatic heterocycles. The second-order valence-corrected chi connectivity index (χ2v) is 3.81. The highest BCUT2D eigenvalue weighted by molar-refractivity contribution is 5.93. The molecular formula is C12H12O5. The fourth-order valence-corrected chi connectivity index (χ4v) is 1.95. The molecule has 0 aliphatic carbocycles. The summed E-state index contributed by atoms with van der Waals surface area (Å²) in [7, 11) is 0. The summed E-state index contributed by atoms with van der Waals surface area (Å²) < 4.78 is 4.93. The molecule has 2 aromatic rings. The van der Waals surface area contributed by atoms with Gasteiger partial charge in [-0.1, -0.05) is 6.92 Å². The lowest BCUT2D eigenvalue weighted by Gasteiger charge is -2.09. The Morgan fingerprint density at radius 2 is 1.88 bits per heavy atom. The minimum absolute atomic E-state index is 0.192. The summed E-state index contributed by atoms with van der Waals surface area (Å²) in [6.45, 7) is 3.46. The number of hydrogen-bond donors (Lipinski definition) is 3. The van der Waals surface area contributed by atoms with Crippen molar-refractivity contribution in [3.8, 4) is 17.2 Å². The molecular weight excluding hydrogens is 224 g/mol. The standard InChI is InChI=1S/C12H12O5/c1-3-6-5(2)9-7(13)4-8(14)10(15)11(9)17-12(6)16/h4,13-15H,3H2,1-2H3. The molecule has 90 valence electrons.